The molecule has 0 atom stereocenters. The number of halogens is 1. The molecule has 322 valence electrons. The molecule has 0 bridgehead atoms. The third-order valence-corrected chi connectivity index (χ3v) is 13.0. The highest BCUT2D eigenvalue weighted by molar-refractivity contribution is 9.10. The average Bonchev–Trinajstić information content (AvgIpc) is 3.15. The van der Waals surface area contributed by atoms with Crippen LogP contribution in [0.15, 0.2) is 50.7 Å². The molecule has 0 aliphatic carbocycles. The van der Waals surface area contributed by atoms with Gasteiger partial charge in [0.1, 0.15) is 0 Å². The van der Waals surface area contributed by atoms with Gasteiger partial charge in [0.15, 0.2) is 0 Å². The molecule has 6 nitrogen and oxygen atoms in total. The zero-order valence-corrected chi connectivity index (χ0v) is 41.3. The molecule has 3 aromatic rings. The van der Waals surface area contributed by atoms with Crippen LogP contribution in [0, 0.1) is 0 Å². The molecule has 0 radical (unpaired) electrons. The zero-order chi connectivity index (χ0) is 42.8. The minimum absolute atomic E-state index is 0.0381. The maximum absolute atomic E-state index is 5.94. The van der Waals surface area contributed by atoms with E-state index in [1.165, 1.54) is 59.9 Å². The summed E-state index contributed by atoms with van der Waals surface area (Å²) in [6, 6.07) is 13.7. The Hall–Kier alpha value is -1.40. The fraction of sp³-hybridized carbons (Fsp3) is 0.625. The second kappa shape index (κ2) is 25.4. The van der Waals surface area contributed by atoms with Gasteiger partial charge in [-0.05, 0) is 108 Å². The Bertz CT molecular complexity index is 1470. The third kappa shape index (κ3) is 17.2. The van der Waals surface area contributed by atoms with Crippen molar-refractivity contribution in [3.05, 3.63) is 90.9 Å². The predicted octanol–water partition coefficient (Wildman–Crippen LogP) is 14.0. The Morgan fingerprint density at radius 1 is 0.368 bits per heavy atom. The molecule has 0 fully saturated rings. The number of rotatable bonds is 21. The van der Waals surface area contributed by atoms with Gasteiger partial charge >= 0.3 is 0 Å². The van der Waals surface area contributed by atoms with Gasteiger partial charge in [0.2, 0.25) is 0 Å². The second-order valence-corrected chi connectivity index (χ2v) is 20.0. The van der Waals surface area contributed by atoms with Crippen LogP contribution in [0.2, 0.25) is 0 Å². The normalized spacial score (nSPS) is 12.2. The Morgan fingerprint density at radius 2 is 0.561 bits per heavy atom. The van der Waals surface area contributed by atoms with E-state index in [-0.39, 0.29) is 16.2 Å². The Labute approximate surface area is 364 Å². The zero-order valence-electron chi connectivity index (χ0n) is 38.1. The van der Waals surface area contributed by atoms with Gasteiger partial charge in [0, 0.05) is 53.9 Å². The largest absolute Gasteiger partial charge is 0.377 e. The molecule has 0 aromatic heterocycles. The SMILES string of the molecule is CCOCc1cc(C(C)(C)C)cc(COCC)c1Br.CCOCc1cc(C(C)(C)C)cc(COCC)c1SSc1c(COCC)cc(C(C)(C)C)cc1COCC. The fourth-order valence-electron chi connectivity index (χ4n) is 5.77. The van der Waals surface area contributed by atoms with Crippen molar-refractivity contribution in [3.63, 3.8) is 0 Å². The number of ether oxygens (including phenoxy) is 6. The van der Waals surface area contributed by atoms with Gasteiger partial charge in [-0.15, -0.1) is 0 Å². The summed E-state index contributed by atoms with van der Waals surface area (Å²) < 4.78 is 36.0. The molecule has 0 saturated carbocycles. The van der Waals surface area contributed by atoms with E-state index in [1.807, 2.05) is 41.5 Å². The molecule has 0 amide bonds. The van der Waals surface area contributed by atoms with Gasteiger partial charge in [-0.25, -0.2) is 0 Å². The van der Waals surface area contributed by atoms with Gasteiger partial charge in [-0.3, -0.25) is 0 Å². The standard InChI is InChI=1S/C32H50O4S2.C16H25BrO2/c1-11-33-19-23-15-27(31(5,6)7)16-24(20-34-12-2)29(23)37-38-30-25(21-35-13-3)17-28(32(8,9)10)18-26(30)22-36-14-4;1-6-18-10-12-8-14(16(3,4)5)9-13(15(12)17)11-19-7-2/h15-18H,11-14,19-22H2,1-10H3;8-9H,6-7,10-11H2,1-5H3. The summed E-state index contributed by atoms with van der Waals surface area (Å²) in [6.45, 7) is 40.3. The summed E-state index contributed by atoms with van der Waals surface area (Å²) >= 11 is 3.68. The van der Waals surface area contributed by atoms with Gasteiger partial charge in [-0.2, -0.15) is 0 Å². The molecule has 0 unspecified atom stereocenters. The molecule has 9 heteroatoms. The van der Waals surface area contributed by atoms with Crippen LogP contribution >= 0.6 is 37.5 Å². The van der Waals surface area contributed by atoms with Gasteiger partial charge < -0.3 is 28.4 Å². The van der Waals surface area contributed by atoms with E-state index in [0.717, 1.165) is 17.7 Å². The molecule has 3 aromatic carbocycles. The minimum atomic E-state index is 0.0381. The molecule has 0 heterocycles. The molecule has 0 spiro atoms. The topological polar surface area (TPSA) is 55.4 Å². The lowest BCUT2D eigenvalue weighted by atomic mass is 9.85. The van der Waals surface area contributed by atoms with Crippen molar-refractivity contribution in [2.24, 2.45) is 0 Å². The summed E-state index contributed by atoms with van der Waals surface area (Å²) in [7, 11) is 3.60. The van der Waals surface area contributed by atoms with Crippen LogP contribution < -0.4 is 0 Å². The van der Waals surface area contributed by atoms with Crippen LogP contribution in [0.25, 0.3) is 0 Å². The predicted molar refractivity (Wildman–Crippen MR) is 247 cm³/mol. The molecule has 0 aliphatic rings. The monoisotopic (exact) mass is 890 g/mol. The maximum Gasteiger partial charge on any atom is 0.0728 e. The Morgan fingerprint density at radius 3 is 0.754 bits per heavy atom. The van der Waals surface area contributed by atoms with Crippen LogP contribution in [0.5, 0.6) is 0 Å². The van der Waals surface area contributed by atoms with Crippen molar-refractivity contribution in [2.75, 3.05) is 39.6 Å². The second-order valence-electron chi connectivity index (χ2n) is 17.1. The van der Waals surface area contributed by atoms with E-state index in [4.69, 9.17) is 28.4 Å². The highest BCUT2D eigenvalue weighted by Crippen LogP contribution is 2.46. The van der Waals surface area contributed by atoms with Crippen molar-refractivity contribution >= 4 is 37.5 Å². The van der Waals surface area contributed by atoms with Crippen molar-refractivity contribution < 1.29 is 28.4 Å². The smallest absolute Gasteiger partial charge is 0.0728 e. The van der Waals surface area contributed by atoms with Crippen molar-refractivity contribution in [1.82, 2.24) is 0 Å². The molecule has 0 aliphatic heterocycles. The van der Waals surface area contributed by atoms with E-state index in [9.17, 15) is 0 Å². The van der Waals surface area contributed by atoms with Crippen molar-refractivity contribution in [2.45, 2.75) is 170 Å². The minimum Gasteiger partial charge on any atom is -0.377 e. The molecule has 3 rings (SSSR count). The highest BCUT2D eigenvalue weighted by Gasteiger charge is 2.24. The first-order valence-electron chi connectivity index (χ1n) is 20.8. The Kier molecular flexibility index (Phi) is 23.0. The summed E-state index contributed by atoms with van der Waals surface area (Å²) in [6.07, 6.45) is 0. The number of benzene rings is 3. The summed E-state index contributed by atoms with van der Waals surface area (Å²) in [5.41, 5.74) is 11.4. The van der Waals surface area contributed by atoms with Crippen molar-refractivity contribution in [3.8, 4) is 0 Å². The van der Waals surface area contributed by atoms with Gasteiger partial charge in [0.25, 0.3) is 0 Å². The van der Waals surface area contributed by atoms with Crippen molar-refractivity contribution in [1.29, 1.82) is 0 Å². The lowest BCUT2D eigenvalue weighted by Gasteiger charge is -2.25. The van der Waals surface area contributed by atoms with Crippen LogP contribution in [0.1, 0.15) is 154 Å². The maximum atomic E-state index is 5.94. The van der Waals surface area contributed by atoms with Crippen LogP contribution in [0.4, 0.5) is 0 Å². The molecule has 57 heavy (non-hydrogen) atoms. The van der Waals surface area contributed by atoms with Gasteiger partial charge in [0.05, 0.1) is 39.6 Å². The van der Waals surface area contributed by atoms with E-state index < -0.39 is 0 Å². The molecular formula is C48H75BrO6S2. The lowest BCUT2D eigenvalue weighted by Crippen LogP contribution is -2.14. The third-order valence-electron chi connectivity index (χ3n) is 9.29. The van der Waals surface area contributed by atoms with E-state index >= 15 is 0 Å². The summed E-state index contributed by atoms with van der Waals surface area (Å²) in [5, 5.41) is 0. The highest BCUT2D eigenvalue weighted by atomic mass is 79.9. The molecule has 0 N–H and O–H groups in total. The Balaban J connectivity index is 0.000000494. The summed E-state index contributed by atoms with van der Waals surface area (Å²) in [5.74, 6) is 0. The van der Waals surface area contributed by atoms with E-state index in [2.05, 4.69) is 115 Å². The molecular weight excluding hydrogens is 817 g/mol. The first-order valence-corrected chi connectivity index (χ1v) is 23.7. The van der Waals surface area contributed by atoms with E-state index in [0.29, 0.717) is 66.1 Å². The first-order chi connectivity index (χ1) is 26.9. The molecule has 0 saturated heterocycles. The van der Waals surface area contributed by atoms with E-state index in [1.54, 1.807) is 21.6 Å². The lowest BCUT2D eigenvalue weighted by molar-refractivity contribution is 0.126. The average molecular weight is 892 g/mol. The quantitative estimate of drug-likeness (QED) is 0.0981. The number of hydrogen-bond acceptors (Lipinski definition) is 8. The van der Waals surface area contributed by atoms with Crippen LogP contribution in [0.3, 0.4) is 0 Å². The number of hydrogen-bond donors (Lipinski definition) is 0. The van der Waals surface area contributed by atoms with Crippen LogP contribution in [-0.2, 0) is 84.3 Å². The van der Waals surface area contributed by atoms with Gasteiger partial charge in [-0.1, -0.05) is 136 Å². The van der Waals surface area contributed by atoms with Crippen LogP contribution in [-0.4, -0.2) is 39.6 Å². The summed E-state index contributed by atoms with van der Waals surface area (Å²) in [4.78, 5) is 2.46. The first kappa shape index (κ1) is 51.7. The fourth-order valence-corrected chi connectivity index (χ4v) is 9.07.